The van der Waals surface area contributed by atoms with E-state index in [0.717, 1.165) is 12.8 Å². The van der Waals surface area contributed by atoms with Crippen LogP contribution in [-0.2, 0) is 43.0 Å². The van der Waals surface area contributed by atoms with Gasteiger partial charge in [-0.1, -0.05) is 13.8 Å². The highest BCUT2D eigenvalue weighted by Crippen LogP contribution is 2.60. The highest BCUT2D eigenvalue weighted by atomic mass is 19.4. The Morgan fingerprint density at radius 2 is 1.56 bits per heavy atom. The van der Waals surface area contributed by atoms with Crippen LogP contribution in [0, 0.1) is 41.4 Å². The molecule has 0 aromatic carbocycles. The van der Waals surface area contributed by atoms with Crippen molar-refractivity contribution < 1.29 is 85.0 Å². The van der Waals surface area contributed by atoms with E-state index < -0.39 is 91.0 Å². The molecule has 2 saturated carbocycles. The van der Waals surface area contributed by atoms with E-state index in [4.69, 9.17) is 44.0 Å². The second kappa shape index (κ2) is 16.0. The quantitative estimate of drug-likeness (QED) is 0.0610. The van der Waals surface area contributed by atoms with Crippen molar-refractivity contribution in [1.29, 1.82) is 0 Å². The van der Waals surface area contributed by atoms with Gasteiger partial charge in [-0.25, -0.2) is 9.78 Å². The van der Waals surface area contributed by atoms with Gasteiger partial charge in [-0.05, 0) is 81.5 Å². The van der Waals surface area contributed by atoms with Crippen molar-refractivity contribution in [1.82, 2.24) is 0 Å². The molecule has 0 aromatic rings. The van der Waals surface area contributed by atoms with E-state index in [1.807, 2.05) is 20.8 Å². The van der Waals surface area contributed by atoms with Crippen LogP contribution in [0.4, 0.5) is 26.3 Å². The fourth-order valence-electron chi connectivity index (χ4n) is 9.34. The molecule has 296 valence electrons. The van der Waals surface area contributed by atoms with Crippen LogP contribution in [0.1, 0.15) is 78.6 Å². The number of fused-ring (bicyclic) bond motifs is 3. The molecule has 7 rings (SSSR count). The molecule has 5 heterocycles. The number of aliphatic hydroxyl groups is 1. The summed E-state index contributed by atoms with van der Waals surface area (Å²) in [5, 5.41) is 22.3. The van der Waals surface area contributed by atoms with Crippen molar-refractivity contribution in [2.24, 2.45) is 41.4 Å². The van der Waals surface area contributed by atoms with Crippen molar-refractivity contribution in [2.45, 2.75) is 115 Å². The molecule has 1 spiro atoms. The van der Waals surface area contributed by atoms with Gasteiger partial charge in [0.15, 0.2) is 11.9 Å². The molecular formula is C34H46F6O12. The van der Waals surface area contributed by atoms with Gasteiger partial charge < -0.3 is 28.8 Å². The van der Waals surface area contributed by atoms with Crippen molar-refractivity contribution >= 4 is 11.9 Å². The molecule has 0 radical (unpaired) electrons. The van der Waals surface area contributed by atoms with Crippen molar-refractivity contribution in [2.75, 3.05) is 19.8 Å². The van der Waals surface area contributed by atoms with Gasteiger partial charge in [0, 0.05) is 29.4 Å². The summed E-state index contributed by atoms with van der Waals surface area (Å²) < 4.78 is 112. The fraction of sp³-hybridized carbons (Fsp3) is 0.824. The zero-order valence-corrected chi connectivity index (χ0v) is 29.0. The average molecular weight is 761 g/mol. The molecule has 3 N–H and O–H groups in total. The van der Waals surface area contributed by atoms with E-state index >= 15 is 0 Å². The number of allylic oxidation sites excluding steroid dienone is 2. The predicted octanol–water partition coefficient (Wildman–Crippen LogP) is 7.00. The smallest absolute Gasteiger partial charge is 0.449 e. The first-order valence-electron chi connectivity index (χ1n) is 17.6. The average Bonchev–Trinajstić information content (AvgIpc) is 3.48. The molecule has 3 unspecified atom stereocenters. The van der Waals surface area contributed by atoms with Gasteiger partial charge in [0.1, 0.15) is 19.6 Å². The maximum Gasteiger partial charge on any atom is 0.449 e. The Balaban J connectivity index is 0.00000257. The summed E-state index contributed by atoms with van der Waals surface area (Å²) in [6.45, 7) is 4.25. The Hall–Kier alpha value is -2.64. The molecular weight excluding hydrogens is 714 g/mol. The number of carbonyl (C=O) groups is 2. The first-order valence-corrected chi connectivity index (χ1v) is 17.6. The highest BCUT2D eigenvalue weighted by Gasteiger charge is 2.68. The van der Waals surface area contributed by atoms with Crippen LogP contribution in [0.25, 0.3) is 0 Å². The van der Waals surface area contributed by atoms with Gasteiger partial charge in [0.25, 0.3) is 0 Å². The summed E-state index contributed by atoms with van der Waals surface area (Å²) >= 11 is 0. The Kier molecular flexibility index (Phi) is 12.5. The van der Waals surface area contributed by atoms with Crippen molar-refractivity contribution in [3.63, 3.8) is 0 Å². The molecule has 5 aliphatic heterocycles. The third-order valence-electron chi connectivity index (χ3n) is 11.9. The molecule has 6 fully saturated rings. The standard InChI is InChI=1S/C34H44F6O10.H2O2/c1-16-4-7-20(21-13-44-18(3)6-8-19(16)21)22(29(43)33(35,36)37)14-45-26(41)12-27(42)46-15-23-25-9-5-17(2)24-10-11-28-47-31(32(24,25)50-49-28)48-30(23)34(38,39)40;1-2/h16-21,24-25,28,31,43H,4-15H2,1-3H3;1-2H/b29-22-;/t16-,17-,18+,19?,20-,21?,24?,25+,28-,31+,32-;/m1./s1. The van der Waals surface area contributed by atoms with Crippen LogP contribution >= 0.6 is 0 Å². The number of aliphatic hydroxyl groups excluding tert-OH is 1. The minimum absolute atomic E-state index is 0.0362. The van der Waals surface area contributed by atoms with Crippen LogP contribution in [0.15, 0.2) is 22.7 Å². The lowest BCUT2D eigenvalue weighted by Gasteiger charge is -2.56. The first-order chi connectivity index (χ1) is 24.5. The third kappa shape index (κ3) is 8.06. The van der Waals surface area contributed by atoms with Crippen LogP contribution in [0.2, 0.25) is 0 Å². The number of ether oxygens (including phenoxy) is 5. The molecule has 52 heavy (non-hydrogen) atoms. The van der Waals surface area contributed by atoms with Gasteiger partial charge in [0.2, 0.25) is 17.8 Å². The fourth-order valence-corrected chi connectivity index (χ4v) is 9.34. The number of hydrogen-bond donors (Lipinski definition) is 3. The molecule has 0 aromatic heterocycles. The number of hydrogen-bond acceptors (Lipinski definition) is 12. The zero-order valence-electron chi connectivity index (χ0n) is 29.0. The van der Waals surface area contributed by atoms with Crippen molar-refractivity contribution in [3.05, 3.63) is 22.7 Å². The summed E-state index contributed by atoms with van der Waals surface area (Å²) in [6, 6.07) is 0. The molecule has 12 nitrogen and oxygen atoms in total. The Labute approximate surface area is 296 Å². The van der Waals surface area contributed by atoms with E-state index in [1.165, 1.54) is 0 Å². The van der Waals surface area contributed by atoms with Crippen LogP contribution in [0.3, 0.4) is 0 Å². The normalized spacial score (nSPS) is 37.8. The topological polar surface area (TPSA) is 159 Å². The molecule has 2 bridgehead atoms. The number of esters is 2. The second-order valence-corrected chi connectivity index (χ2v) is 14.8. The van der Waals surface area contributed by atoms with E-state index in [2.05, 4.69) is 0 Å². The van der Waals surface area contributed by atoms with Gasteiger partial charge in [0.05, 0.1) is 12.7 Å². The largest absolute Gasteiger partial charge is 0.504 e. The van der Waals surface area contributed by atoms with E-state index in [1.54, 1.807) is 0 Å². The third-order valence-corrected chi connectivity index (χ3v) is 11.9. The lowest BCUT2D eigenvalue weighted by Crippen LogP contribution is -2.66. The second-order valence-electron chi connectivity index (χ2n) is 14.8. The number of halogens is 6. The molecule has 7 aliphatic rings. The number of carbonyl (C=O) groups excluding carboxylic acids is 2. The Morgan fingerprint density at radius 1 is 0.865 bits per heavy atom. The lowest BCUT2D eigenvalue weighted by molar-refractivity contribution is -0.528. The molecule has 4 saturated heterocycles. The summed E-state index contributed by atoms with van der Waals surface area (Å²) in [4.78, 5) is 36.8. The SMILES string of the molecule is C[C@@H]1CC[C@@H](/C(COC(=O)CC(=O)OCC2=C(C(F)(F)F)O[C@@H]3O[C@H]4CCC5[C@H](C)CC[C@@H]2[C@]53OO4)=C(\O)C(F)(F)F)C2CO[C@@H](C)CCC21.OO. The summed E-state index contributed by atoms with van der Waals surface area (Å²) in [5.74, 6) is -7.82. The zero-order chi connectivity index (χ0) is 38.2. The summed E-state index contributed by atoms with van der Waals surface area (Å²) in [7, 11) is 0. The van der Waals surface area contributed by atoms with Crippen LogP contribution < -0.4 is 0 Å². The Bertz CT molecular complexity index is 1370. The minimum Gasteiger partial charge on any atom is -0.504 e. The van der Waals surface area contributed by atoms with Crippen LogP contribution in [-0.4, -0.2) is 84.0 Å². The maximum atomic E-state index is 14.3. The highest BCUT2D eigenvalue weighted by molar-refractivity contribution is 5.91. The molecule has 2 aliphatic carbocycles. The van der Waals surface area contributed by atoms with Gasteiger partial charge in [-0.2, -0.15) is 26.3 Å². The van der Waals surface area contributed by atoms with Gasteiger partial charge in [-0.15, -0.1) is 0 Å². The first kappa shape index (κ1) is 40.5. The minimum atomic E-state index is -5.12. The Morgan fingerprint density at radius 3 is 2.25 bits per heavy atom. The molecule has 18 heteroatoms. The number of rotatable bonds is 7. The monoisotopic (exact) mass is 760 g/mol. The van der Waals surface area contributed by atoms with Crippen LogP contribution in [0.5, 0.6) is 0 Å². The summed E-state index contributed by atoms with van der Waals surface area (Å²) in [5.41, 5.74) is -2.31. The lowest BCUT2D eigenvalue weighted by atomic mass is 9.59. The van der Waals surface area contributed by atoms with E-state index in [-0.39, 0.29) is 54.3 Å². The van der Waals surface area contributed by atoms with Gasteiger partial charge in [-0.3, -0.25) is 20.1 Å². The molecule has 11 atom stereocenters. The summed E-state index contributed by atoms with van der Waals surface area (Å²) in [6.07, 6.45) is -9.46. The molecule has 0 amide bonds. The van der Waals surface area contributed by atoms with Crippen molar-refractivity contribution in [3.8, 4) is 0 Å². The number of alkyl halides is 6. The van der Waals surface area contributed by atoms with Gasteiger partial charge >= 0.3 is 24.3 Å². The maximum absolute atomic E-state index is 14.3. The van der Waals surface area contributed by atoms with E-state index in [9.17, 15) is 41.0 Å². The van der Waals surface area contributed by atoms with E-state index in [0.29, 0.717) is 32.1 Å². The predicted molar refractivity (Wildman–Crippen MR) is 163 cm³/mol.